The van der Waals surface area contributed by atoms with Crippen LogP contribution in [0, 0.1) is 0 Å². The second kappa shape index (κ2) is 7.05. The van der Waals surface area contributed by atoms with Gasteiger partial charge in [-0.3, -0.25) is 9.67 Å². The molecule has 0 bridgehead atoms. The van der Waals surface area contributed by atoms with E-state index < -0.39 is 11.7 Å². The molecule has 3 heterocycles. The van der Waals surface area contributed by atoms with E-state index in [0.29, 0.717) is 27.9 Å². The molecule has 4 aromatic rings. The maximum atomic E-state index is 13.6. The number of aryl methyl sites for hydroxylation is 1. The normalized spacial score (nSPS) is 15.9. The first kappa shape index (κ1) is 19.0. The van der Waals surface area contributed by atoms with Crippen molar-refractivity contribution < 1.29 is 13.2 Å². The van der Waals surface area contributed by atoms with Gasteiger partial charge in [0.1, 0.15) is 5.52 Å². The van der Waals surface area contributed by atoms with Crippen molar-refractivity contribution in [1.82, 2.24) is 25.1 Å². The number of fused-ring (bicyclic) bond motifs is 2. The Bertz CT molecular complexity index is 1240. The number of rotatable bonds is 2. The van der Waals surface area contributed by atoms with Gasteiger partial charge < -0.3 is 5.32 Å². The smallest absolute Gasteiger partial charge is 0.317 e. The molecule has 154 valence electrons. The van der Waals surface area contributed by atoms with Crippen molar-refractivity contribution in [2.75, 3.05) is 13.1 Å². The average molecular weight is 411 g/mol. The average Bonchev–Trinajstić information content (AvgIpc) is 3.12. The molecule has 1 fully saturated rings. The second-order valence-electron chi connectivity index (χ2n) is 7.78. The SMILES string of the molecule is Cn1cc2cc(-c3ccc4nc(C5CCNCC5)cnc4c3)cc(C(F)(F)F)c2n1. The monoisotopic (exact) mass is 411 g/mol. The summed E-state index contributed by atoms with van der Waals surface area (Å²) in [6.07, 6.45) is 0.976. The van der Waals surface area contributed by atoms with E-state index in [-0.39, 0.29) is 5.52 Å². The predicted octanol–water partition coefficient (Wildman–Crippen LogP) is 4.67. The van der Waals surface area contributed by atoms with Crippen molar-refractivity contribution in [2.24, 2.45) is 7.05 Å². The third-order valence-corrected chi connectivity index (χ3v) is 5.68. The topological polar surface area (TPSA) is 55.6 Å². The van der Waals surface area contributed by atoms with Gasteiger partial charge in [-0.1, -0.05) is 6.07 Å². The minimum Gasteiger partial charge on any atom is -0.317 e. The van der Waals surface area contributed by atoms with Gasteiger partial charge >= 0.3 is 6.18 Å². The van der Waals surface area contributed by atoms with Gasteiger partial charge in [0.2, 0.25) is 0 Å². The lowest BCUT2D eigenvalue weighted by Crippen LogP contribution is -2.27. The molecule has 0 saturated carbocycles. The molecule has 0 atom stereocenters. The quantitative estimate of drug-likeness (QED) is 0.521. The van der Waals surface area contributed by atoms with Gasteiger partial charge in [0.05, 0.1) is 22.3 Å². The third-order valence-electron chi connectivity index (χ3n) is 5.68. The Morgan fingerprint density at radius 3 is 2.60 bits per heavy atom. The minimum atomic E-state index is -4.48. The summed E-state index contributed by atoms with van der Waals surface area (Å²) in [6.45, 7) is 1.95. The second-order valence-corrected chi connectivity index (χ2v) is 7.78. The van der Waals surface area contributed by atoms with Crippen LogP contribution in [0.25, 0.3) is 33.1 Å². The summed E-state index contributed by atoms with van der Waals surface area (Å²) in [5.74, 6) is 0.394. The molecule has 0 spiro atoms. The van der Waals surface area contributed by atoms with Gasteiger partial charge in [0.25, 0.3) is 0 Å². The summed E-state index contributed by atoms with van der Waals surface area (Å²) in [4.78, 5) is 9.32. The van der Waals surface area contributed by atoms with Crippen LogP contribution in [-0.4, -0.2) is 32.8 Å². The first-order valence-electron chi connectivity index (χ1n) is 9.91. The van der Waals surface area contributed by atoms with E-state index in [2.05, 4.69) is 15.4 Å². The van der Waals surface area contributed by atoms with Crippen LogP contribution in [0.4, 0.5) is 13.2 Å². The van der Waals surface area contributed by atoms with Crippen LogP contribution in [0.2, 0.25) is 0 Å². The molecule has 1 aliphatic heterocycles. The molecular weight excluding hydrogens is 391 g/mol. The number of benzene rings is 2. The highest BCUT2D eigenvalue weighted by molar-refractivity contribution is 5.89. The van der Waals surface area contributed by atoms with E-state index >= 15 is 0 Å². The molecule has 0 amide bonds. The summed E-state index contributed by atoms with van der Waals surface area (Å²) in [5, 5.41) is 7.78. The van der Waals surface area contributed by atoms with Gasteiger partial charge in [-0.2, -0.15) is 18.3 Å². The predicted molar refractivity (Wildman–Crippen MR) is 109 cm³/mol. The van der Waals surface area contributed by atoms with Crippen molar-refractivity contribution in [1.29, 1.82) is 0 Å². The number of nitrogens with zero attached hydrogens (tertiary/aromatic N) is 4. The van der Waals surface area contributed by atoms with Crippen LogP contribution in [0.3, 0.4) is 0 Å². The maximum Gasteiger partial charge on any atom is 0.418 e. The molecule has 1 N–H and O–H groups in total. The van der Waals surface area contributed by atoms with Crippen LogP contribution in [0.5, 0.6) is 0 Å². The third kappa shape index (κ3) is 3.41. The van der Waals surface area contributed by atoms with Crippen LogP contribution < -0.4 is 5.32 Å². The van der Waals surface area contributed by atoms with E-state index in [9.17, 15) is 13.2 Å². The summed E-state index contributed by atoms with van der Waals surface area (Å²) >= 11 is 0. The molecule has 5 rings (SSSR count). The molecule has 8 heteroatoms. The highest BCUT2D eigenvalue weighted by Gasteiger charge is 2.34. The van der Waals surface area contributed by atoms with Gasteiger partial charge in [-0.05, 0) is 61.3 Å². The number of nitrogens with one attached hydrogen (secondary N) is 1. The van der Waals surface area contributed by atoms with Gasteiger partial charge in [0.15, 0.2) is 0 Å². The Balaban J connectivity index is 1.58. The van der Waals surface area contributed by atoms with Crippen molar-refractivity contribution >= 4 is 21.9 Å². The highest BCUT2D eigenvalue weighted by Crippen LogP contribution is 2.38. The van der Waals surface area contributed by atoms with E-state index in [1.807, 2.05) is 6.07 Å². The van der Waals surface area contributed by atoms with Crippen LogP contribution in [0.15, 0.2) is 42.7 Å². The van der Waals surface area contributed by atoms with Crippen LogP contribution in [-0.2, 0) is 13.2 Å². The zero-order chi connectivity index (χ0) is 20.9. The van der Waals surface area contributed by atoms with Crippen molar-refractivity contribution in [3.8, 4) is 11.1 Å². The molecule has 5 nitrogen and oxygen atoms in total. The van der Waals surface area contributed by atoms with Gasteiger partial charge in [-0.25, -0.2) is 4.98 Å². The first-order chi connectivity index (χ1) is 14.4. The summed E-state index contributed by atoms with van der Waals surface area (Å²) < 4.78 is 42.3. The Morgan fingerprint density at radius 1 is 1.03 bits per heavy atom. The number of halogens is 3. The molecule has 1 aliphatic rings. The zero-order valence-corrected chi connectivity index (χ0v) is 16.4. The van der Waals surface area contributed by atoms with E-state index in [4.69, 9.17) is 4.98 Å². The van der Waals surface area contributed by atoms with Gasteiger partial charge in [0, 0.05) is 30.7 Å². The largest absolute Gasteiger partial charge is 0.418 e. The fourth-order valence-corrected chi connectivity index (χ4v) is 4.16. The highest BCUT2D eigenvalue weighted by atomic mass is 19.4. The van der Waals surface area contributed by atoms with Crippen LogP contribution >= 0.6 is 0 Å². The molecule has 2 aromatic carbocycles. The molecule has 1 saturated heterocycles. The lowest BCUT2D eigenvalue weighted by atomic mass is 9.95. The number of hydrogen-bond acceptors (Lipinski definition) is 4. The number of alkyl halides is 3. The van der Waals surface area contributed by atoms with E-state index in [1.54, 1.807) is 37.6 Å². The lowest BCUT2D eigenvalue weighted by Gasteiger charge is -2.21. The van der Waals surface area contributed by atoms with Crippen molar-refractivity contribution in [3.05, 3.63) is 54.0 Å². The minimum absolute atomic E-state index is 0.0408. The maximum absolute atomic E-state index is 13.6. The van der Waals surface area contributed by atoms with E-state index in [0.717, 1.165) is 43.2 Å². The Labute approximate surface area is 170 Å². The molecule has 30 heavy (non-hydrogen) atoms. The molecule has 0 radical (unpaired) electrons. The Hall–Kier alpha value is -3.00. The Morgan fingerprint density at radius 2 is 1.83 bits per heavy atom. The number of piperidine rings is 1. The fraction of sp³-hybridized carbons (Fsp3) is 0.318. The number of aromatic nitrogens is 4. The summed E-state index contributed by atoms with van der Waals surface area (Å²) in [5.41, 5.74) is 2.78. The molecule has 2 aromatic heterocycles. The van der Waals surface area contributed by atoms with Crippen LogP contribution in [0.1, 0.15) is 30.0 Å². The molecule has 0 unspecified atom stereocenters. The number of hydrogen-bond donors (Lipinski definition) is 1. The fourth-order valence-electron chi connectivity index (χ4n) is 4.16. The standard InChI is InChI=1S/C22H20F3N5/c1-30-12-16-8-15(9-17(21(16)29-30)22(23,24)25)14-2-3-18-19(10-14)27-11-20(28-18)13-4-6-26-7-5-13/h2-3,8-13,26H,4-7H2,1H3. The summed E-state index contributed by atoms with van der Waals surface area (Å²) in [6, 6.07) is 8.33. The Kier molecular flexibility index (Phi) is 4.47. The van der Waals surface area contributed by atoms with Crippen molar-refractivity contribution in [2.45, 2.75) is 24.9 Å². The lowest BCUT2D eigenvalue weighted by molar-refractivity contribution is -0.136. The van der Waals surface area contributed by atoms with Crippen molar-refractivity contribution in [3.63, 3.8) is 0 Å². The zero-order valence-electron chi connectivity index (χ0n) is 16.4. The molecular formula is C22H20F3N5. The van der Waals surface area contributed by atoms with Gasteiger partial charge in [-0.15, -0.1) is 0 Å². The molecule has 0 aliphatic carbocycles. The first-order valence-corrected chi connectivity index (χ1v) is 9.91. The summed E-state index contributed by atoms with van der Waals surface area (Å²) in [7, 11) is 1.62. The van der Waals surface area contributed by atoms with E-state index in [1.165, 1.54) is 4.68 Å².